The summed E-state index contributed by atoms with van der Waals surface area (Å²) in [5.41, 5.74) is 1.84. The second kappa shape index (κ2) is 6.42. The first-order chi connectivity index (χ1) is 9.85. The summed E-state index contributed by atoms with van der Waals surface area (Å²) in [4.78, 5) is 12.0. The van der Waals surface area contributed by atoms with Crippen LogP contribution in [0.25, 0.3) is 0 Å². The fourth-order valence-corrected chi connectivity index (χ4v) is 2.65. The van der Waals surface area contributed by atoms with Gasteiger partial charge in [0.1, 0.15) is 6.04 Å². The van der Waals surface area contributed by atoms with Crippen LogP contribution in [0.15, 0.2) is 18.2 Å². The molecule has 7 nitrogen and oxygen atoms in total. The molecule has 1 fully saturated rings. The van der Waals surface area contributed by atoms with Crippen molar-refractivity contribution in [1.82, 2.24) is 5.32 Å². The van der Waals surface area contributed by atoms with Crippen molar-refractivity contribution < 1.29 is 17.9 Å². The van der Waals surface area contributed by atoms with Crippen LogP contribution < -0.4 is 15.4 Å². The third kappa shape index (κ3) is 4.69. The van der Waals surface area contributed by atoms with Crippen molar-refractivity contribution in [2.75, 3.05) is 36.1 Å². The van der Waals surface area contributed by atoms with Gasteiger partial charge in [0, 0.05) is 12.2 Å². The van der Waals surface area contributed by atoms with E-state index in [-0.39, 0.29) is 11.9 Å². The van der Waals surface area contributed by atoms with Gasteiger partial charge in [-0.25, -0.2) is 8.42 Å². The highest BCUT2D eigenvalue weighted by atomic mass is 32.2. The van der Waals surface area contributed by atoms with Crippen molar-refractivity contribution in [2.24, 2.45) is 0 Å². The normalized spacial score (nSPS) is 19.0. The molecule has 1 unspecified atom stereocenters. The maximum atomic E-state index is 12.0. The van der Waals surface area contributed by atoms with Crippen LogP contribution in [-0.4, -0.2) is 46.4 Å². The molecule has 1 aliphatic heterocycles. The zero-order valence-corrected chi connectivity index (χ0v) is 12.8. The first-order valence-electron chi connectivity index (χ1n) is 6.55. The molecule has 1 amide bonds. The smallest absolute Gasteiger partial charge is 0.243 e. The molecule has 0 radical (unpaired) electrons. The summed E-state index contributed by atoms with van der Waals surface area (Å²) in [5, 5.41) is 5.85. The van der Waals surface area contributed by atoms with Gasteiger partial charge in [0.25, 0.3) is 0 Å². The minimum Gasteiger partial charge on any atom is -0.378 e. The number of hydrogen-bond donors (Lipinski definition) is 3. The summed E-state index contributed by atoms with van der Waals surface area (Å²) < 4.78 is 30.1. The molecule has 3 N–H and O–H groups in total. The van der Waals surface area contributed by atoms with Gasteiger partial charge in [0.2, 0.25) is 15.9 Å². The van der Waals surface area contributed by atoms with Gasteiger partial charge >= 0.3 is 0 Å². The van der Waals surface area contributed by atoms with E-state index in [1.54, 1.807) is 25.1 Å². The van der Waals surface area contributed by atoms with E-state index >= 15 is 0 Å². The zero-order chi connectivity index (χ0) is 15.5. The number of hydrogen-bond acceptors (Lipinski definition) is 5. The number of sulfonamides is 1. The van der Waals surface area contributed by atoms with Crippen molar-refractivity contribution in [3.8, 4) is 0 Å². The summed E-state index contributed by atoms with van der Waals surface area (Å²) in [6.45, 7) is 3.37. The lowest BCUT2D eigenvalue weighted by atomic mass is 10.1. The first-order valence-corrected chi connectivity index (χ1v) is 8.45. The van der Waals surface area contributed by atoms with E-state index in [4.69, 9.17) is 4.74 Å². The van der Waals surface area contributed by atoms with Crippen LogP contribution in [0.2, 0.25) is 0 Å². The Morgan fingerprint density at radius 1 is 1.43 bits per heavy atom. The van der Waals surface area contributed by atoms with Gasteiger partial charge < -0.3 is 15.4 Å². The van der Waals surface area contributed by atoms with E-state index in [9.17, 15) is 13.2 Å². The highest BCUT2D eigenvalue weighted by Gasteiger charge is 2.21. The van der Waals surface area contributed by atoms with Crippen LogP contribution in [0.3, 0.4) is 0 Å². The molecule has 0 aliphatic carbocycles. The summed E-state index contributed by atoms with van der Waals surface area (Å²) >= 11 is 0. The summed E-state index contributed by atoms with van der Waals surface area (Å²) in [6, 6.07) is 4.63. The van der Waals surface area contributed by atoms with Gasteiger partial charge in [-0.15, -0.1) is 0 Å². The van der Waals surface area contributed by atoms with E-state index < -0.39 is 10.0 Å². The van der Waals surface area contributed by atoms with E-state index in [1.807, 2.05) is 0 Å². The van der Waals surface area contributed by atoms with Crippen LogP contribution in [-0.2, 0) is 19.6 Å². The van der Waals surface area contributed by atoms with Crippen LogP contribution in [0.1, 0.15) is 5.56 Å². The van der Waals surface area contributed by atoms with Gasteiger partial charge in [-0.3, -0.25) is 9.52 Å². The van der Waals surface area contributed by atoms with E-state index in [0.717, 1.165) is 11.8 Å². The molecule has 1 saturated heterocycles. The molecule has 0 saturated carbocycles. The summed E-state index contributed by atoms with van der Waals surface area (Å²) in [6.07, 6.45) is 1.09. The fourth-order valence-electron chi connectivity index (χ4n) is 2.02. The number of carbonyl (C=O) groups excluding carboxylic acids is 1. The van der Waals surface area contributed by atoms with Gasteiger partial charge in [0.05, 0.1) is 25.2 Å². The Morgan fingerprint density at radius 3 is 2.76 bits per heavy atom. The van der Waals surface area contributed by atoms with Crippen molar-refractivity contribution in [2.45, 2.75) is 13.0 Å². The van der Waals surface area contributed by atoms with Crippen molar-refractivity contribution in [1.29, 1.82) is 0 Å². The average Bonchev–Trinajstić information content (AvgIpc) is 2.41. The van der Waals surface area contributed by atoms with Crippen molar-refractivity contribution in [3.63, 3.8) is 0 Å². The number of morpholine rings is 1. The highest BCUT2D eigenvalue weighted by molar-refractivity contribution is 7.92. The Labute approximate surface area is 124 Å². The molecule has 116 valence electrons. The van der Waals surface area contributed by atoms with Crippen molar-refractivity contribution in [3.05, 3.63) is 23.8 Å². The van der Waals surface area contributed by atoms with E-state index in [0.29, 0.717) is 31.1 Å². The molecule has 0 spiro atoms. The molecular weight excluding hydrogens is 294 g/mol. The molecule has 1 aliphatic rings. The fraction of sp³-hybridized carbons (Fsp3) is 0.462. The molecule has 21 heavy (non-hydrogen) atoms. The average molecular weight is 313 g/mol. The van der Waals surface area contributed by atoms with E-state index in [1.165, 1.54) is 0 Å². The number of amides is 1. The summed E-state index contributed by atoms with van der Waals surface area (Å²) in [7, 11) is -3.32. The van der Waals surface area contributed by atoms with Gasteiger partial charge in [-0.1, -0.05) is 0 Å². The Morgan fingerprint density at radius 2 is 2.19 bits per heavy atom. The lowest BCUT2D eigenvalue weighted by Gasteiger charge is -2.23. The van der Waals surface area contributed by atoms with Crippen LogP contribution in [0.4, 0.5) is 11.4 Å². The Hall–Kier alpha value is -1.64. The van der Waals surface area contributed by atoms with Crippen LogP contribution in [0, 0.1) is 6.92 Å². The summed E-state index contributed by atoms with van der Waals surface area (Å²) in [5.74, 6) is -0.169. The van der Waals surface area contributed by atoms with Gasteiger partial charge in [-0.05, 0) is 30.7 Å². The number of aryl methyl sites for hydroxylation is 1. The number of ether oxygens (including phenoxy) is 1. The second-order valence-electron chi connectivity index (χ2n) is 4.97. The number of benzene rings is 1. The standard InChI is InChI=1S/C13H19N3O4S/c1-9-7-10(3-4-11(9)16-21(2,18)19)15-13(17)12-8-20-6-5-14-12/h3-4,7,12,14,16H,5-6,8H2,1-2H3,(H,15,17). The lowest BCUT2D eigenvalue weighted by Crippen LogP contribution is -2.48. The molecular formula is C13H19N3O4S. The number of anilines is 2. The Bertz CT molecular complexity index is 624. The molecule has 1 aromatic rings. The minimum absolute atomic E-state index is 0.169. The van der Waals surface area contributed by atoms with Crippen LogP contribution >= 0.6 is 0 Å². The zero-order valence-electron chi connectivity index (χ0n) is 12.0. The monoisotopic (exact) mass is 313 g/mol. The maximum absolute atomic E-state index is 12.0. The van der Waals surface area contributed by atoms with E-state index in [2.05, 4.69) is 15.4 Å². The third-order valence-corrected chi connectivity index (χ3v) is 3.62. The Kier molecular flexibility index (Phi) is 4.81. The molecule has 1 heterocycles. The SMILES string of the molecule is Cc1cc(NC(=O)C2COCCN2)ccc1NS(C)(=O)=O. The molecule has 0 bridgehead atoms. The Balaban J connectivity index is 2.04. The number of rotatable bonds is 4. The topological polar surface area (TPSA) is 96.5 Å². The first kappa shape index (κ1) is 15.7. The van der Waals surface area contributed by atoms with Crippen molar-refractivity contribution >= 4 is 27.3 Å². The predicted octanol–water partition coefficient (Wildman–Crippen LogP) is 0.293. The third-order valence-electron chi connectivity index (χ3n) is 3.03. The maximum Gasteiger partial charge on any atom is 0.243 e. The molecule has 8 heteroatoms. The molecule has 2 rings (SSSR count). The minimum atomic E-state index is -3.32. The predicted molar refractivity (Wildman–Crippen MR) is 80.9 cm³/mol. The largest absolute Gasteiger partial charge is 0.378 e. The molecule has 1 atom stereocenters. The molecule has 1 aromatic carbocycles. The lowest BCUT2D eigenvalue weighted by molar-refractivity contribution is -0.120. The second-order valence-corrected chi connectivity index (χ2v) is 6.72. The number of carbonyl (C=O) groups is 1. The number of nitrogens with one attached hydrogen (secondary N) is 3. The molecule has 0 aromatic heterocycles. The van der Waals surface area contributed by atoms with Gasteiger partial charge in [0.15, 0.2) is 0 Å². The van der Waals surface area contributed by atoms with Gasteiger partial charge in [-0.2, -0.15) is 0 Å². The van der Waals surface area contributed by atoms with Crippen LogP contribution in [0.5, 0.6) is 0 Å². The highest BCUT2D eigenvalue weighted by Crippen LogP contribution is 2.20. The quantitative estimate of drug-likeness (QED) is 0.742.